The number of hydrogen-bond acceptors (Lipinski definition) is 6. The zero-order chi connectivity index (χ0) is 14.7. The Bertz CT molecular complexity index is 706. The first-order chi connectivity index (χ1) is 10.3. The van der Waals surface area contributed by atoms with Gasteiger partial charge in [0.25, 0.3) is 0 Å². The molecule has 1 atom stereocenters. The van der Waals surface area contributed by atoms with E-state index in [1.165, 1.54) is 0 Å². The number of hydrogen-bond donors (Lipinski definition) is 2. The summed E-state index contributed by atoms with van der Waals surface area (Å²) in [7, 11) is 0. The molecule has 0 unspecified atom stereocenters. The molecule has 3 heterocycles. The summed E-state index contributed by atoms with van der Waals surface area (Å²) in [5.41, 5.74) is 9.03. The third kappa shape index (κ3) is 2.82. The van der Waals surface area contributed by atoms with Crippen LogP contribution in [0.15, 0.2) is 35.5 Å². The minimum atomic E-state index is -0.362. The summed E-state index contributed by atoms with van der Waals surface area (Å²) in [5.74, 6) is 0.961. The number of aryl methyl sites for hydroxylation is 1. The van der Waals surface area contributed by atoms with Crippen LogP contribution in [0.1, 0.15) is 30.1 Å². The monoisotopic (exact) mass is 284 g/mol. The van der Waals surface area contributed by atoms with Gasteiger partial charge in [0.2, 0.25) is 11.7 Å². The molecule has 0 saturated carbocycles. The minimum absolute atomic E-state index is 0.362. The third-order valence-electron chi connectivity index (χ3n) is 3.28. The van der Waals surface area contributed by atoms with Crippen molar-refractivity contribution in [3.63, 3.8) is 0 Å². The van der Waals surface area contributed by atoms with Gasteiger partial charge in [0.15, 0.2) is 0 Å². The van der Waals surface area contributed by atoms with Gasteiger partial charge in [0, 0.05) is 36.3 Å². The first-order valence-corrected chi connectivity index (χ1v) is 6.77. The average molecular weight is 284 g/mol. The van der Waals surface area contributed by atoms with Crippen LogP contribution in [0.5, 0.6) is 0 Å². The molecule has 0 aromatic carbocycles. The summed E-state index contributed by atoms with van der Waals surface area (Å²) in [6.07, 6.45) is 8.30. The third-order valence-corrected chi connectivity index (χ3v) is 3.28. The van der Waals surface area contributed by atoms with E-state index in [1.807, 2.05) is 12.3 Å². The number of H-pyrrole nitrogens is 1. The normalized spacial score (nSPS) is 12.5. The van der Waals surface area contributed by atoms with Gasteiger partial charge in [0.1, 0.15) is 0 Å². The second-order valence-electron chi connectivity index (χ2n) is 4.73. The van der Waals surface area contributed by atoms with E-state index in [1.54, 1.807) is 18.7 Å². The largest absolute Gasteiger partial charge is 0.348 e. The van der Waals surface area contributed by atoms with Crippen molar-refractivity contribution < 1.29 is 4.52 Å². The number of rotatable bonds is 5. The van der Waals surface area contributed by atoms with Gasteiger partial charge in [-0.1, -0.05) is 12.1 Å². The fourth-order valence-electron chi connectivity index (χ4n) is 2.14. The molecule has 0 fully saturated rings. The molecule has 3 N–H and O–H groups in total. The first kappa shape index (κ1) is 13.4. The van der Waals surface area contributed by atoms with E-state index in [2.05, 4.69) is 32.0 Å². The Balaban J connectivity index is 1.82. The molecule has 7 nitrogen and oxygen atoms in total. The van der Waals surface area contributed by atoms with Gasteiger partial charge in [-0.15, -0.1) is 0 Å². The average Bonchev–Trinajstić information content (AvgIpc) is 3.18. The molecule has 0 bridgehead atoms. The summed E-state index contributed by atoms with van der Waals surface area (Å²) in [6.45, 7) is 2.06. The summed E-state index contributed by atoms with van der Waals surface area (Å²) < 4.78 is 5.29. The van der Waals surface area contributed by atoms with Crippen LogP contribution >= 0.6 is 0 Å². The molecule has 0 spiro atoms. The zero-order valence-corrected chi connectivity index (χ0v) is 11.7. The molecule has 3 rings (SSSR count). The van der Waals surface area contributed by atoms with Crippen LogP contribution in [0.3, 0.4) is 0 Å². The topological polar surface area (TPSA) is 107 Å². The molecular formula is C14H16N6O. The number of aromatic nitrogens is 5. The number of nitrogens with one attached hydrogen (secondary N) is 1. The lowest BCUT2D eigenvalue weighted by molar-refractivity contribution is 0.354. The molecule has 0 radical (unpaired) electrons. The van der Waals surface area contributed by atoms with E-state index in [0.29, 0.717) is 18.1 Å². The van der Waals surface area contributed by atoms with E-state index in [4.69, 9.17) is 10.3 Å². The van der Waals surface area contributed by atoms with Crippen molar-refractivity contribution in [2.24, 2.45) is 5.73 Å². The van der Waals surface area contributed by atoms with Gasteiger partial charge in [-0.05, 0) is 18.1 Å². The van der Waals surface area contributed by atoms with Crippen molar-refractivity contribution in [1.82, 2.24) is 25.1 Å². The Morgan fingerprint density at radius 3 is 3.00 bits per heavy atom. The van der Waals surface area contributed by atoms with Crippen LogP contribution in [-0.2, 0) is 12.8 Å². The van der Waals surface area contributed by atoms with E-state index >= 15 is 0 Å². The second kappa shape index (κ2) is 5.84. The minimum Gasteiger partial charge on any atom is -0.348 e. The Morgan fingerprint density at radius 1 is 1.33 bits per heavy atom. The van der Waals surface area contributed by atoms with Gasteiger partial charge in [-0.25, -0.2) is 4.98 Å². The molecule has 108 valence electrons. The highest BCUT2D eigenvalue weighted by Gasteiger charge is 2.18. The lowest BCUT2D eigenvalue weighted by Gasteiger charge is -2.04. The highest BCUT2D eigenvalue weighted by atomic mass is 16.5. The Labute approximate surface area is 121 Å². The maximum absolute atomic E-state index is 6.09. The van der Waals surface area contributed by atoms with Gasteiger partial charge in [0.05, 0.1) is 12.4 Å². The van der Waals surface area contributed by atoms with Crippen LogP contribution in [0, 0.1) is 0 Å². The summed E-state index contributed by atoms with van der Waals surface area (Å²) in [5, 5.41) is 4.03. The Hall–Kier alpha value is -2.54. The molecule has 0 aliphatic rings. The first-order valence-electron chi connectivity index (χ1n) is 6.77. The van der Waals surface area contributed by atoms with Crippen LogP contribution in [0.25, 0.3) is 11.4 Å². The molecular weight excluding hydrogens is 268 g/mol. The number of imidazole rings is 1. The van der Waals surface area contributed by atoms with Crippen molar-refractivity contribution in [3.05, 3.63) is 48.1 Å². The summed E-state index contributed by atoms with van der Waals surface area (Å²) in [4.78, 5) is 15.5. The maximum Gasteiger partial charge on any atom is 0.244 e. The van der Waals surface area contributed by atoms with Crippen LogP contribution in [0.4, 0.5) is 0 Å². The van der Waals surface area contributed by atoms with Crippen molar-refractivity contribution in [1.29, 1.82) is 0 Å². The molecule has 0 aliphatic carbocycles. The van der Waals surface area contributed by atoms with Gasteiger partial charge >= 0.3 is 0 Å². The van der Waals surface area contributed by atoms with Gasteiger partial charge in [-0.2, -0.15) is 4.98 Å². The molecule has 0 aliphatic heterocycles. The Kier molecular flexibility index (Phi) is 3.74. The van der Waals surface area contributed by atoms with Gasteiger partial charge in [-0.3, -0.25) is 4.98 Å². The number of aromatic amines is 1. The Morgan fingerprint density at radius 2 is 2.24 bits per heavy atom. The molecule has 0 saturated heterocycles. The van der Waals surface area contributed by atoms with Crippen LogP contribution in [0.2, 0.25) is 0 Å². The fourth-order valence-corrected chi connectivity index (χ4v) is 2.14. The summed E-state index contributed by atoms with van der Waals surface area (Å²) >= 11 is 0. The number of nitrogens with two attached hydrogens (primary N) is 1. The van der Waals surface area contributed by atoms with Gasteiger partial charge < -0.3 is 15.2 Å². The lowest BCUT2D eigenvalue weighted by atomic mass is 10.1. The molecule has 21 heavy (non-hydrogen) atoms. The smallest absolute Gasteiger partial charge is 0.244 e. The van der Waals surface area contributed by atoms with Crippen molar-refractivity contribution in [2.45, 2.75) is 25.8 Å². The van der Waals surface area contributed by atoms with Crippen LogP contribution < -0.4 is 5.73 Å². The molecule has 3 aromatic rings. The second-order valence-corrected chi connectivity index (χ2v) is 4.73. The fraction of sp³-hybridized carbons (Fsp3) is 0.286. The maximum atomic E-state index is 6.09. The van der Waals surface area contributed by atoms with Crippen LogP contribution in [-0.4, -0.2) is 25.1 Å². The molecule has 0 amide bonds. The number of nitrogens with zero attached hydrogens (tertiary/aromatic N) is 4. The van der Waals surface area contributed by atoms with E-state index in [9.17, 15) is 0 Å². The van der Waals surface area contributed by atoms with E-state index in [0.717, 1.165) is 23.2 Å². The predicted octanol–water partition coefficient (Wildman–Crippen LogP) is 1.66. The highest BCUT2D eigenvalue weighted by molar-refractivity contribution is 5.58. The lowest BCUT2D eigenvalue weighted by Crippen LogP contribution is -2.14. The number of pyridine rings is 1. The summed E-state index contributed by atoms with van der Waals surface area (Å²) in [6, 6.07) is 1.52. The van der Waals surface area contributed by atoms with Crippen molar-refractivity contribution >= 4 is 0 Å². The van der Waals surface area contributed by atoms with Crippen molar-refractivity contribution in [3.8, 4) is 11.4 Å². The van der Waals surface area contributed by atoms with Crippen molar-refractivity contribution in [2.75, 3.05) is 0 Å². The quantitative estimate of drug-likeness (QED) is 0.738. The molecule has 7 heteroatoms. The zero-order valence-electron chi connectivity index (χ0n) is 11.7. The predicted molar refractivity (Wildman–Crippen MR) is 76.1 cm³/mol. The van der Waals surface area contributed by atoms with E-state index in [-0.39, 0.29) is 6.04 Å². The van der Waals surface area contributed by atoms with E-state index < -0.39 is 0 Å². The molecule has 3 aromatic heterocycles. The SMILES string of the molecule is CCc1cnccc1-c1noc([C@H](N)Cc2cnc[nH]2)n1. The highest BCUT2D eigenvalue weighted by Crippen LogP contribution is 2.22. The standard InChI is InChI=1S/C14H16N6O/c1-2-9-6-16-4-3-11(9)13-19-14(21-20-13)12(15)5-10-7-17-8-18-10/h3-4,6-8,12H,2,5,15H2,1H3,(H,17,18)/t12-/m1/s1.